The van der Waals surface area contributed by atoms with Crippen LogP contribution in [0.5, 0.6) is 5.75 Å². The van der Waals surface area contributed by atoms with Crippen LogP contribution in [0.2, 0.25) is 0 Å². The van der Waals surface area contributed by atoms with Gasteiger partial charge in [0.2, 0.25) is 0 Å². The molecule has 1 saturated carbocycles. The lowest BCUT2D eigenvalue weighted by molar-refractivity contribution is 0.308. The Balaban J connectivity index is 1.75. The molecule has 1 fully saturated rings. The standard InChI is InChI=1S/C16H19FN2O/c17-14-6-7-15(16(20)8-14)13-9-18-19(11-13)10-12-4-2-1-3-5-12/h6-9,11-12,20H,1-5,10H2. The van der Waals surface area contributed by atoms with Crippen LogP contribution in [0, 0.1) is 11.7 Å². The van der Waals surface area contributed by atoms with Crippen molar-refractivity contribution in [3.05, 3.63) is 36.4 Å². The predicted octanol–water partition coefficient (Wildman–Crippen LogP) is 3.98. The summed E-state index contributed by atoms with van der Waals surface area (Å²) in [6, 6.07) is 4.08. The van der Waals surface area contributed by atoms with E-state index in [0.29, 0.717) is 11.5 Å². The molecule has 1 aliphatic rings. The van der Waals surface area contributed by atoms with E-state index in [2.05, 4.69) is 5.10 Å². The van der Waals surface area contributed by atoms with Gasteiger partial charge in [-0.25, -0.2) is 4.39 Å². The van der Waals surface area contributed by atoms with Crippen LogP contribution in [0.25, 0.3) is 11.1 Å². The average Bonchev–Trinajstić information content (AvgIpc) is 2.88. The second kappa shape index (κ2) is 5.65. The third-order valence-corrected chi connectivity index (χ3v) is 4.07. The van der Waals surface area contributed by atoms with E-state index in [4.69, 9.17) is 0 Å². The van der Waals surface area contributed by atoms with Crippen molar-refractivity contribution in [1.29, 1.82) is 0 Å². The van der Waals surface area contributed by atoms with E-state index >= 15 is 0 Å². The number of nitrogens with zero attached hydrogens (tertiary/aromatic N) is 2. The lowest BCUT2D eigenvalue weighted by Gasteiger charge is -2.21. The predicted molar refractivity (Wildman–Crippen MR) is 75.9 cm³/mol. The van der Waals surface area contributed by atoms with Crippen LogP contribution in [0.15, 0.2) is 30.6 Å². The van der Waals surface area contributed by atoms with Crippen molar-refractivity contribution in [3.63, 3.8) is 0 Å². The summed E-state index contributed by atoms with van der Waals surface area (Å²) in [5, 5.41) is 14.2. The van der Waals surface area contributed by atoms with Crippen molar-refractivity contribution in [1.82, 2.24) is 9.78 Å². The molecule has 106 valence electrons. The Hall–Kier alpha value is -1.84. The molecule has 1 aliphatic carbocycles. The quantitative estimate of drug-likeness (QED) is 0.919. The van der Waals surface area contributed by atoms with Crippen LogP contribution in [0.3, 0.4) is 0 Å². The monoisotopic (exact) mass is 274 g/mol. The van der Waals surface area contributed by atoms with Crippen LogP contribution in [-0.2, 0) is 6.54 Å². The van der Waals surface area contributed by atoms with Gasteiger partial charge in [-0.15, -0.1) is 0 Å². The third-order valence-electron chi connectivity index (χ3n) is 4.07. The highest BCUT2D eigenvalue weighted by Gasteiger charge is 2.15. The van der Waals surface area contributed by atoms with Gasteiger partial charge in [0.25, 0.3) is 0 Å². The van der Waals surface area contributed by atoms with Crippen LogP contribution in [-0.4, -0.2) is 14.9 Å². The zero-order valence-electron chi connectivity index (χ0n) is 11.4. The highest BCUT2D eigenvalue weighted by atomic mass is 19.1. The van der Waals surface area contributed by atoms with Gasteiger partial charge in [-0.3, -0.25) is 4.68 Å². The zero-order valence-corrected chi connectivity index (χ0v) is 11.4. The van der Waals surface area contributed by atoms with Crippen molar-refractivity contribution >= 4 is 0 Å². The van der Waals surface area contributed by atoms with Gasteiger partial charge >= 0.3 is 0 Å². The number of hydrogen-bond donors (Lipinski definition) is 1. The van der Waals surface area contributed by atoms with Crippen molar-refractivity contribution < 1.29 is 9.50 Å². The molecule has 0 spiro atoms. The van der Waals surface area contributed by atoms with Crippen molar-refractivity contribution in [2.75, 3.05) is 0 Å². The molecule has 0 amide bonds. The highest BCUT2D eigenvalue weighted by molar-refractivity contribution is 5.68. The summed E-state index contributed by atoms with van der Waals surface area (Å²) in [4.78, 5) is 0. The average molecular weight is 274 g/mol. The summed E-state index contributed by atoms with van der Waals surface area (Å²) in [6.07, 6.45) is 10.2. The Bertz CT molecular complexity index is 588. The first kappa shape index (κ1) is 13.2. The van der Waals surface area contributed by atoms with E-state index in [1.807, 2.05) is 10.9 Å². The summed E-state index contributed by atoms with van der Waals surface area (Å²) in [5.41, 5.74) is 1.46. The first-order valence-corrected chi connectivity index (χ1v) is 7.24. The summed E-state index contributed by atoms with van der Waals surface area (Å²) >= 11 is 0. The molecule has 2 aromatic rings. The number of phenols is 1. The van der Waals surface area contributed by atoms with Gasteiger partial charge in [0.15, 0.2) is 0 Å². The maximum atomic E-state index is 13.0. The minimum Gasteiger partial charge on any atom is -0.507 e. The molecule has 20 heavy (non-hydrogen) atoms. The van der Waals surface area contributed by atoms with Crippen molar-refractivity contribution in [2.45, 2.75) is 38.6 Å². The first-order chi connectivity index (χ1) is 9.72. The molecular formula is C16H19FN2O. The van der Waals surface area contributed by atoms with E-state index in [1.165, 1.54) is 38.2 Å². The van der Waals surface area contributed by atoms with Gasteiger partial charge < -0.3 is 5.11 Å². The third kappa shape index (κ3) is 2.84. The summed E-state index contributed by atoms with van der Waals surface area (Å²) in [5.74, 6) is 0.237. The molecular weight excluding hydrogens is 255 g/mol. The summed E-state index contributed by atoms with van der Waals surface area (Å²) < 4.78 is 14.9. The SMILES string of the molecule is Oc1cc(F)ccc1-c1cnn(CC2CCCCC2)c1. The molecule has 0 unspecified atom stereocenters. The number of hydrogen-bond acceptors (Lipinski definition) is 2. The lowest BCUT2D eigenvalue weighted by Crippen LogP contribution is -2.14. The molecule has 4 heteroatoms. The number of aromatic hydroxyl groups is 1. The van der Waals surface area contributed by atoms with Crippen molar-refractivity contribution in [2.24, 2.45) is 5.92 Å². The fraction of sp³-hybridized carbons (Fsp3) is 0.438. The summed E-state index contributed by atoms with van der Waals surface area (Å²) in [6.45, 7) is 0.932. The van der Waals surface area contributed by atoms with Gasteiger partial charge in [0, 0.05) is 29.9 Å². The van der Waals surface area contributed by atoms with Crippen LogP contribution in [0.4, 0.5) is 4.39 Å². The van der Waals surface area contributed by atoms with Gasteiger partial charge in [-0.05, 0) is 30.9 Å². The smallest absolute Gasteiger partial charge is 0.126 e. The minimum absolute atomic E-state index is 0.0396. The molecule has 0 aliphatic heterocycles. The molecule has 1 aromatic heterocycles. The molecule has 1 heterocycles. The van der Waals surface area contributed by atoms with Crippen LogP contribution >= 0.6 is 0 Å². The van der Waals surface area contributed by atoms with Gasteiger partial charge in [0.1, 0.15) is 11.6 Å². The van der Waals surface area contributed by atoms with E-state index in [0.717, 1.165) is 18.2 Å². The summed E-state index contributed by atoms with van der Waals surface area (Å²) in [7, 11) is 0. The first-order valence-electron chi connectivity index (χ1n) is 7.24. The Morgan fingerprint density at radius 2 is 2.05 bits per heavy atom. The largest absolute Gasteiger partial charge is 0.507 e. The Morgan fingerprint density at radius 1 is 1.25 bits per heavy atom. The number of halogens is 1. The molecule has 1 aromatic carbocycles. The fourth-order valence-corrected chi connectivity index (χ4v) is 2.99. The van der Waals surface area contributed by atoms with E-state index in [1.54, 1.807) is 12.3 Å². The topological polar surface area (TPSA) is 38.1 Å². The molecule has 3 rings (SSSR count). The molecule has 0 atom stereocenters. The minimum atomic E-state index is -0.430. The Kier molecular flexibility index (Phi) is 3.72. The molecule has 0 saturated heterocycles. The number of phenolic OH excluding ortho intramolecular Hbond substituents is 1. The molecule has 0 bridgehead atoms. The number of benzene rings is 1. The lowest BCUT2D eigenvalue weighted by atomic mass is 9.89. The fourth-order valence-electron chi connectivity index (χ4n) is 2.99. The van der Waals surface area contributed by atoms with Gasteiger partial charge in [-0.2, -0.15) is 5.10 Å². The van der Waals surface area contributed by atoms with Crippen molar-refractivity contribution in [3.8, 4) is 16.9 Å². The second-order valence-corrected chi connectivity index (χ2v) is 5.62. The maximum Gasteiger partial charge on any atom is 0.126 e. The van der Waals surface area contributed by atoms with Crippen LogP contribution in [0.1, 0.15) is 32.1 Å². The second-order valence-electron chi connectivity index (χ2n) is 5.62. The van der Waals surface area contributed by atoms with E-state index in [-0.39, 0.29) is 5.75 Å². The highest BCUT2D eigenvalue weighted by Crippen LogP contribution is 2.30. The molecule has 0 radical (unpaired) electrons. The normalized spacial score (nSPS) is 16.4. The van der Waals surface area contributed by atoms with Gasteiger partial charge in [-0.1, -0.05) is 19.3 Å². The Labute approximate surface area is 118 Å². The molecule has 1 N–H and O–H groups in total. The van der Waals surface area contributed by atoms with Gasteiger partial charge in [0.05, 0.1) is 6.20 Å². The Morgan fingerprint density at radius 3 is 2.80 bits per heavy atom. The maximum absolute atomic E-state index is 13.0. The van der Waals surface area contributed by atoms with E-state index in [9.17, 15) is 9.50 Å². The van der Waals surface area contributed by atoms with Crippen LogP contribution < -0.4 is 0 Å². The zero-order chi connectivity index (χ0) is 13.9. The van der Waals surface area contributed by atoms with E-state index < -0.39 is 5.82 Å². The molecule has 3 nitrogen and oxygen atoms in total. The number of rotatable bonds is 3. The number of aromatic nitrogens is 2.